The summed E-state index contributed by atoms with van der Waals surface area (Å²) in [4.78, 5) is 14.6. The van der Waals surface area contributed by atoms with Crippen LogP contribution in [0.1, 0.15) is 49.4 Å². The van der Waals surface area contributed by atoms with Crippen LogP contribution in [0.15, 0.2) is 30.6 Å². The van der Waals surface area contributed by atoms with E-state index in [4.69, 9.17) is 4.74 Å². The van der Waals surface area contributed by atoms with Gasteiger partial charge in [0, 0.05) is 18.3 Å². The van der Waals surface area contributed by atoms with Crippen molar-refractivity contribution in [3.05, 3.63) is 47.5 Å². The molecule has 0 unspecified atom stereocenters. The van der Waals surface area contributed by atoms with Crippen LogP contribution >= 0.6 is 0 Å². The molecule has 3 rings (SSSR count). The van der Waals surface area contributed by atoms with Gasteiger partial charge in [-0.3, -0.25) is 5.10 Å². The zero-order chi connectivity index (χ0) is 17.8. The smallest absolute Gasteiger partial charge is 0.318 e. The Bertz CT molecular complexity index is 720. The van der Waals surface area contributed by atoms with Crippen molar-refractivity contribution in [2.75, 3.05) is 13.7 Å². The van der Waals surface area contributed by atoms with Crippen molar-refractivity contribution < 1.29 is 13.9 Å². The Hall–Kier alpha value is -2.57. The largest absolute Gasteiger partial charge is 0.496 e. The van der Waals surface area contributed by atoms with Gasteiger partial charge in [0.15, 0.2) is 0 Å². The van der Waals surface area contributed by atoms with Gasteiger partial charge in [-0.25, -0.2) is 9.18 Å². The van der Waals surface area contributed by atoms with Crippen molar-refractivity contribution in [1.82, 2.24) is 20.4 Å². The lowest BCUT2D eigenvalue weighted by molar-refractivity contribution is 0.148. The molecular formula is C18H23FN4O2. The minimum atomic E-state index is -0.504. The van der Waals surface area contributed by atoms with E-state index in [1.807, 2.05) is 6.20 Å². The van der Waals surface area contributed by atoms with Gasteiger partial charge >= 0.3 is 6.03 Å². The predicted molar refractivity (Wildman–Crippen MR) is 91.8 cm³/mol. The fourth-order valence-corrected chi connectivity index (χ4v) is 3.42. The van der Waals surface area contributed by atoms with Crippen LogP contribution in [0.25, 0.3) is 0 Å². The van der Waals surface area contributed by atoms with E-state index < -0.39 is 11.9 Å². The Morgan fingerprint density at radius 2 is 2.32 bits per heavy atom. The molecule has 134 valence electrons. The summed E-state index contributed by atoms with van der Waals surface area (Å²) in [5.74, 6) is 0.0370. The van der Waals surface area contributed by atoms with Gasteiger partial charge in [-0.05, 0) is 38.3 Å². The highest BCUT2D eigenvalue weighted by Gasteiger charge is 2.30. The molecule has 0 radical (unpaired) electrons. The summed E-state index contributed by atoms with van der Waals surface area (Å²) in [6.07, 6.45) is 6.49. The molecule has 0 saturated carbocycles. The number of amides is 2. The molecule has 1 fully saturated rings. The molecule has 25 heavy (non-hydrogen) atoms. The molecule has 0 bridgehead atoms. The topological polar surface area (TPSA) is 70.2 Å². The van der Waals surface area contributed by atoms with Crippen molar-refractivity contribution in [3.8, 4) is 5.75 Å². The van der Waals surface area contributed by atoms with E-state index in [0.717, 1.165) is 24.8 Å². The standard InChI is InChI=1S/C18H23FN4O2/c1-12(17-14(19)6-5-8-16(17)25-2)22-18(24)23-9-4-3-7-15(23)13-10-20-21-11-13/h5-6,8,10-12,15H,3-4,7,9H2,1-2H3,(H,20,21)(H,22,24)/t12-,15+/m1/s1. The summed E-state index contributed by atoms with van der Waals surface area (Å²) >= 11 is 0. The minimum Gasteiger partial charge on any atom is -0.496 e. The molecule has 0 aliphatic carbocycles. The Morgan fingerprint density at radius 3 is 3.04 bits per heavy atom. The van der Waals surface area contributed by atoms with Crippen LogP contribution in [-0.4, -0.2) is 34.8 Å². The van der Waals surface area contributed by atoms with E-state index >= 15 is 0 Å². The number of piperidine rings is 1. The molecule has 2 aromatic rings. The van der Waals surface area contributed by atoms with Gasteiger partial charge in [-0.2, -0.15) is 5.10 Å². The fourth-order valence-electron chi connectivity index (χ4n) is 3.42. The van der Waals surface area contributed by atoms with E-state index in [0.29, 0.717) is 17.9 Å². The third-order valence-corrected chi connectivity index (χ3v) is 4.67. The van der Waals surface area contributed by atoms with Gasteiger partial charge in [0.05, 0.1) is 31.0 Å². The van der Waals surface area contributed by atoms with Crippen molar-refractivity contribution in [2.24, 2.45) is 0 Å². The number of carbonyl (C=O) groups is 1. The molecule has 2 atom stereocenters. The number of nitrogens with one attached hydrogen (secondary N) is 2. The summed E-state index contributed by atoms with van der Waals surface area (Å²) in [6.45, 7) is 2.43. The van der Waals surface area contributed by atoms with Gasteiger partial charge in [0.25, 0.3) is 0 Å². The lowest BCUT2D eigenvalue weighted by atomic mass is 9.98. The highest BCUT2D eigenvalue weighted by atomic mass is 19.1. The molecule has 1 saturated heterocycles. The second kappa shape index (κ2) is 7.55. The maximum Gasteiger partial charge on any atom is 0.318 e. The Morgan fingerprint density at radius 1 is 1.48 bits per heavy atom. The molecule has 1 aliphatic heterocycles. The second-order valence-electron chi connectivity index (χ2n) is 6.26. The van der Waals surface area contributed by atoms with E-state index in [9.17, 15) is 9.18 Å². The number of aromatic nitrogens is 2. The number of ether oxygens (including phenoxy) is 1. The molecule has 0 spiro atoms. The number of H-pyrrole nitrogens is 1. The van der Waals surface area contributed by atoms with E-state index in [2.05, 4.69) is 15.5 Å². The van der Waals surface area contributed by atoms with Gasteiger partial charge in [-0.15, -0.1) is 0 Å². The fraction of sp³-hybridized carbons (Fsp3) is 0.444. The van der Waals surface area contributed by atoms with E-state index in [1.54, 1.807) is 30.2 Å². The normalized spacial score (nSPS) is 18.7. The lowest BCUT2D eigenvalue weighted by Crippen LogP contribution is -2.45. The van der Waals surface area contributed by atoms with Crippen molar-refractivity contribution >= 4 is 6.03 Å². The summed E-state index contributed by atoms with van der Waals surface area (Å²) in [6, 6.07) is 3.93. The Balaban J connectivity index is 1.77. The van der Waals surface area contributed by atoms with Crippen LogP contribution in [0.5, 0.6) is 5.75 Å². The van der Waals surface area contributed by atoms with Crippen LogP contribution < -0.4 is 10.1 Å². The summed E-state index contributed by atoms with van der Waals surface area (Å²) in [7, 11) is 1.49. The first-order valence-corrected chi connectivity index (χ1v) is 8.50. The highest BCUT2D eigenvalue weighted by molar-refractivity contribution is 5.75. The number of benzene rings is 1. The number of hydrogen-bond donors (Lipinski definition) is 2. The summed E-state index contributed by atoms with van der Waals surface area (Å²) in [5, 5.41) is 9.70. The van der Waals surface area contributed by atoms with Gasteiger partial charge in [0.2, 0.25) is 0 Å². The van der Waals surface area contributed by atoms with Crippen molar-refractivity contribution in [3.63, 3.8) is 0 Å². The van der Waals surface area contributed by atoms with Crippen LogP contribution in [0.3, 0.4) is 0 Å². The summed E-state index contributed by atoms with van der Waals surface area (Å²) in [5.41, 5.74) is 1.35. The number of likely N-dealkylation sites (tertiary alicyclic amines) is 1. The first-order chi connectivity index (χ1) is 12.1. The Labute approximate surface area is 146 Å². The highest BCUT2D eigenvalue weighted by Crippen LogP contribution is 2.32. The zero-order valence-electron chi connectivity index (χ0n) is 14.5. The second-order valence-corrected chi connectivity index (χ2v) is 6.26. The monoisotopic (exact) mass is 346 g/mol. The van der Waals surface area contributed by atoms with Crippen LogP contribution in [0, 0.1) is 5.82 Å². The molecule has 7 heteroatoms. The Kier molecular flexibility index (Phi) is 5.21. The number of rotatable bonds is 4. The first kappa shape index (κ1) is 17.3. The molecule has 1 aromatic heterocycles. The van der Waals surface area contributed by atoms with Crippen LogP contribution in [-0.2, 0) is 0 Å². The average Bonchev–Trinajstić information content (AvgIpc) is 3.15. The molecule has 2 amide bonds. The molecular weight excluding hydrogens is 323 g/mol. The molecule has 2 N–H and O–H groups in total. The number of nitrogens with zero attached hydrogens (tertiary/aromatic N) is 2. The van der Waals surface area contributed by atoms with Gasteiger partial charge in [0.1, 0.15) is 11.6 Å². The van der Waals surface area contributed by atoms with Crippen molar-refractivity contribution in [1.29, 1.82) is 0 Å². The number of aromatic amines is 1. The van der Waals surface area contributed by atoms with E-state index in [1.165, 1.54) is 13.2 Å². The molecule has 1 aliphatic rings. The predicted octanol–water partition coefficient (Wildman–Crippen LogP) is 3.56. The maximum absolute atomic E-state index is 14.2. The van der Waals surface area contributed by atoms with E-state index in [-0.39, 0.29) is 12.1 Å². The van der Waals surface area contributed by atoms with Crippen molar-refractivity contribution in [2.45, 2.75) is 38.3 Å². The summed E-state index contributed by atoms with van der Waals surface area (Å²) < 4.78 is 19.5. The quantitative estimate of drug-likeness (QED) is 0.889. The average molecular weight is 346 g/mol. The van der Waals surface area contributed by atoms with Gasteiger partial charge in [-0.1, -0.05) is 6.07 Å². The van der Waals surface area contributed by atoms with Crippen LogP contribution in [0.4, 0.5) is 9.18 Å². The number of halogens is 1. The first-order valence-electron chi connectivity index (χ1n) is 8.50. The molecule has 6 nitrogen and oxygen atoms in total. The number of urea groups is 1. The third-order valence-electron chi connectivity index (χ3n) is 4.67. The SMILES string of the molecule is COc1cccc(F)c1[C@@H](C)NC(=O)N1CCCC[C@H]1c1cn[nH]c1. The maximum atomic E-state index is 14.2. The third kappa shape index (κ3) is 3.60. The lowest BCUT2D eigenvalue weighted by Gasteiger charge is -2.36. The molecule has 2 heterocycles. The van der Waals surface area contributed by atoms with Gasteiger partial charge < -0.3 is 15.0 Å². The van der Waals surface area contributed by atoms with Crippen LogP contribution in [0.2, 0.25) is 0 Å². The number of carbonyl (C=O) groups excluding carboxylic acids is 1. The number of methoxy groups -OCH3 is 1. The number of hydrogen-bond acceptors (Lipinski definition) is 3. The minimum absolute atomic E-state index is 0.0118. The molecule has 1 aromatic carbocycles. The zero-order valence-corrected chi connectivity index (χ0v) is 14.5.